The fourth-order valence-corrected chi connectivity index (χ4v) is 2.79. The summed E-state index contributed by atoms with van der Waals surface area (Å²) in [5.41, 5.74) is 13.8. The highest BCUT2D eigenvalue weighted by Crippen LogP contribution is 2.25. The largest absolute Gasteiger partial charge is 0.457 e. The number of hydrogen-bond acceptors (Lipinski definition) is 4. The van der Waals surface area contributed by atoms with E-state index in [1.807, 2.05) is 36.4 Å². The molecule has 0 saturated carbocycles. The summed E-state index contributed by atoms with van der Waals surface area (Å²) in [7, 11) is 0. The Hall–Kier alpha value is -3.22. The second-order valence-corrected chi connectivity index (χ2v) is 5.96. The van der Waals surface area contributed by atoms with Crippen molar-refractivity contribution in [2.45, 2.75) is 0 Å². The lowest BCUT2D eigenvalue weighted by Gasteiger charge is -1.95. The van der Waals surface area contributed by atoms with Crippen LogP contribution in [-0.2, 0) is 0 Å². The highest BCUT2D eigenvalue weighted by molar-refractivity contribution is 5.99. The predicted octanol–water partition coefficient (Wildman–Crippen LogP) is 4.76. The first-order valence-corrected chi connectivity index (χ1v) is 7.94. The third-order valence-electron chi connectivity index (χ3n) is 4.10. The summed E-state index contributed by atoms with van der Waals surface area (Å²) in [5.74, 6) is 1.39. The van der Waals surface area contributed by atoms with Crippen molar-refractivity contribution >= 4 is 70.6 Å². The van der Waals surface area contributed by atoms with E-state index in [9.17, 15) is 0 Å². The van der Waals surface area contributed by atoms with Crippen molar-refractivity contribution in [1.82, 2.24) is 0 Å². The van der Waals surface area contributed by atoms with Crippen molar-refractivity contribution in [2.24, 2.45) is 11.5 Å². The minimum atomic E-state index is 0. The Labute approximate surface area is 173 Å². The van der Waals surface area contributed by atoms with Crippen LogP contribution in [0.15, 0.2) is 57.4 Å². The molecule has 144 valence electrons. The van der Waals surface area contributed by atoms with Crippen LogP contribution in [0.5, 0.6) is 0 Å². The second-order valence-electron chi connectivity index (χ2n) is 5.96. The van der Waals surface area contributed by atoms with Crippen LogP contribution in [0, 0.1) is 10.8 Å². The van der Waals surface area contributed by atoms with E-state index >= 15 is 0 Å². The molecule has 2 aromatic carbocycles. The van der Waals surface area contributed by atoms with Crippen LogP contribution in [-0.4, -0.2) is 11.7 Å². The van der Waals surface area contributed by atoms with Crippen LogP contribution >= 0.6 is 24.8 Å². The average molecular weight is 417 g/mol. The van der Waals surface area contributed by atoms with Crippen LogP contribution in [0.2, 0.25) is 0 Å². The number of hydrogen-bond donors (Lipinski definition) is 4. The van der Waals surface area contributed by atoms with Gasteiger partial charge >= 0.3 is 0 Å². The first-order valence-electron chi connectivity index (χ1n) is 7.94. The van der Waals surface area contributed by atoms with Crippen LogP contribution in [0.25, 0.3) is 34.1 Å². The molecular formula is C20H18Cl2N4O2. The summed E-state index contributed by atoms with van der Waals surface area (Å²) in [4.78, 5) is 0. The predicted molar refractivity (Wildman–Crippen MR) is 118 cm³/mol. The van der Waals surface area contributed by atoms with Gasteiger partial charge in [0.2, 0.25) is 0 Å². The molecule has 0 bridgehead atoms. The van der Waals surface area contributed by atoms with Gasteiger partial charge in [-0.05, 0) is 60.7 Å². The Morgan fingerprint density at radius 1 is 0.679 bits per heavy atom. The number of halogens is 2. The van der Waals surface area contributed by atoms with E-state index in [1.165, 1.54) is 0 Å². The molecule has 0 radical (unpaired) electrons. The first-order chi connectivity index (χ1) is 12.5. The maximum atomic E-state index is 7.50. The highest BCUT2D eigenvalue weighted by Gasteiger charge is 2.06. The van der Waals surface area contributed by atoms with Crippen LogP contribution in [0.4, 0.5) is 0 Å². The number of furan rings is 2. The molecule has 4 aromatic rings. The van der Waals surface area contributed by atoms with Gasteiger partial charge < -0.3 is 20.3 Å². The summed E-state index contributed by atoms with van der Waals surface area (Å²) in [6.07, 6.45) is 3.63. The zero-order valence-corrected chi connectivity index (χ0v) is 16.2. The molecule has 0 amide bonds. The van der Waals surface area contributed by atoms with Gasteiger partial charge in [0, 0.05) is 21.9 Å². The summed E-state index contributed by atoms with van der Waals surface area (Å²) >= 11 is 0. The smallest absolute Gasteiger partial charge is 0.134 e. The van der Waals surface area contributed by atoms with Gasteiger partial charge in [0.05, 0.1) is 0 Å². The van der Waals surface area contributed by atoms with Gasteiger partial charge in [-0.3, -0.25) is 10.8 Å². The molecule has 2 heterocycles. The van der Waals surface area contributed by atoms with Gasteiger partial charge in [-0.1, -0.05) is 0 Å². The number of fused-ring (bicyclic) bond motifs is 2. The standard InChI is InChI=1S/C20H16N4O2.2ClH/c21-19(22)11-1-5-17-13(7-11)9-15(25-17)3-4-16-10-14-8-12(20(23)24)2-6-18(14)26-16;;/h1-10H,(H3,21,22)(H3,23,24);2*1H. The average Bonchev–Trinajstić information content (AvgIpc) is 3.21. The molecule has 6 N–H and O–H groups in total. The van der Waals surface area contributed by atoms with Crippen molar-refractivity contribution < 1.29 is 8.83 Å². The minimum absolute atomic E-state index is 0. The molecule has 4 rings (SSSR count). The Bertz CT molecular complexity index is 1110. The van der Waals surface area contributed by atoms with Gasteiger partial charge in [0.15, 0.2) is 0 Å². The third kappa shape index (κ3) is 4.03. The van der Waals surface area contributed by atoms with E-state index in [4.69, 9.17) is 31.1 Å². The van der Waals surface area contributed by atoms with Gasteiger partial charge in [-0.15, -0.1) is 24.8 Å². The van der Waals surface area contributed by atoms with Gasteiger partial charge in [-0.25, -0.2) is 0 Å². The molecule has 2 aromatic heterocycles. The molecule has 0 atom stereocenters. The number of nitrogens with two attached hydrogens (primary N) is 2. The van der Waals surface area contributed by atoms with Crippen molar-refractivity contribution in [3.8, 4) is 0 Å². The zero-order valence-electron chi connectivity index (χ0n) is 14.6. The molecule has 8 heteroatoms. The van der Waals surface area contributed by atoms with Gasteiger partial charge in [-0.2, -0.15) is 0 Å². The molecule has 0 aliphatic carbocycles. The molecule has 28 heavy (non-hydrogen) atoms. The Balaban J connectivity index is 0.00000140. The van der Waals surface area contributed by atoms with E-state index < -0.39 is 0 Å². The summed E-state index contributed by atoms with van der Waals surface area (Å²) in [5, 5.41) is 16.8. The Morgan fingerprint density at radius 3 is 1.43 bits per heavy atom. The fourth-order valence-electron chi connectivity index (χ4n) is 2.79. The molecule has 6 nitrogen and oxygen atoms in total. The molecule has 0 saturated heterocycles. The summed E-state index contributed by atoms with van der Waals surface area (Å²) in [6, 6.07) is 14.5. The topological polar surface area (TPSA) is 126 Å². The molecule has 0 aliphatic heterocycles. The van der Waals surface area contributed by atoms with E-state index in [-0.39, 0.29) is 36.5 Å². The third-order valence-corrected chi connectivity index (χ3v) is 4.10. The van der Waals surface area contributed by atoms with Gasteiger partial charge in [0.1, 0.15) is 34.4 Å². The Kier molecular flexibility index (Phi) is 6.18. The first kappa shape index (κ1) is 21.1. The number of benzene rings is 2. The van der Waals surface area contributed by atoms with Gasteiger partial charge in [0.25, 0.3) is 0 Å². The van der Waals surface area contributed by atoms with Crippen LogP contribution < -0.4 is 11.5 Å². The van der Waals surface area contributed by atoms with Crippen molar-refractivity contribution in [2.75, 3.05) is 0 Å². The summed E-state index contributed by atoms with van der Waals surface area (Å²) < 4.78 is 11.5. The van der Waals surface area contributed by atoms with Crippen molar-refractivity contribution in [3.05, 3.63) is 71.2 Å². The number of amidine groups is 2. The van der Waals surface area contributed by atoms with E-state index in [2.05, 4.69) is 0 Å². The van der Waals surface area contributed by atoms with Crippen molar-refractivity contribution in [3.63, 3.8) is 0 Å². The van der Waals surface area contributed by atoms with Crippen LogP contribution in [0.3, 0.4) is 0 Å². The SMILES string of the molecule is Cl.Cl.N=C(N)c1ccc2oc(C=Cc3cc4cc(C(=N)N)ccc4o3)cc2c1. The molecule has 0 spiro atoms. The number of nitrogens with one attached hydrogen (secondary N) is 2. The monoisotopic (exact) mass is 416 g/mol. The summed E-state index contributed by atoms with van der Waals surface area (Å²) in [6.45, 7) is 0. The number of nitrogen functional groups attached to an aromatic ring is 2. The minimum Gasteiger partial charge on any atom is -0.457 e. The maximum absolute atomic E-state index is 7.50. The molecule has 0 fully saturated rings. The normalized spacial score (nSPS) is 10.7. The van der Waals surface area contributed by atoms with Crippen molar-refractivity contribution in [1.29, 1.82) is 10.8 Å². The molecule has 0 aliphatic rings. The van der Waals surface area contributed by atoms with E-state index in [0.717, 1.165) is 21.9 Å². The molecule has 0 unspecified atom stereocenters. The lowest BCUT2D eigenvalue weighted by Crippen LogP contribution is -2.10. The Morgan fingerprint density at radius 2 is 1.07 bits per heavy atom. The number of rotatable bonds is 4. The van der Waals surface area contributed by atoms with E-state index in [0.29, 0.717) is 22.6 Å². The quantitative estimate of drug-likeness (QED) is 0.282. The highest BCUT2D eigenvalue weighted by atomic mass is 35.5. The molecular weight excluding hydrogens is 399 g/mol. The van der Waals surface area contributed by atoms with Crippen LogP contribution in [0.1, 0.15) is 22.6 Å². The fraction of sp³-hybridized carbons (Fsp3) is 0. The second kappa shape index (κ2) is 8.21. The van der Waals surface area contributed by atoms with E-state index in [1.54, 1.807) is 24.3 Å². The lowest BCUT2D eigenvalue weighted by atomic mass is 10.1. The zero-order chi connectivity index (χ0) is 18.3. The lowest BCUT2D eigenvalue weighted by molar-refractivity contribution is 0.599. The maximum Gasteiger partial charge on any atom is 0.134 e.